The molecule has 3 aromatic rings. The van der Waals surface area contributed by atoms with Crippen molar-refractivity contribution >= 4 is 40.3 Å². The molecule has 0 saturated carbocycles. The summed E-state index contributed by atoms with van der Waals surface area (Å²) in [5.41, 5.74) is 3.58. The van der Waals surface area contributed by atoms with Gasteiger partial charge >= 0.3 is 10.9 Å². The molecular formula is C21H22N4O3S. The quantitative estimate of drug-likeness (QED) is 0.569. The molecule has 0 unspecified atom stereocenters. The maximum Gasteiger partial charge on any atom is 0.323 e. The Morgan fingerprint density at radius 1 is 0.966 bits per heavy atom. The van der Waals surface area contributed by atoms with Crippen LogP contribution in [0.2, 0.25) is 0 Å². The number of rotatable bonds is 6. The first kappa shape index (κ1) is 20.3. The van der Waals surface area contributed by atoms with Crippen molar-refractivity contribution in [2.45, 2.75) is 26.8 Å². The van der Waals surface area contributed by atoms with Gasteiger partial charge in [-0.25, -0.2) is 4.79 Å². The van der Waals surface area contributed by atoms with Gasteiger partial charge in [-0.2, -0.15) is 0 Å². The normalized spacial score (nSPS) is 10.4. The molecule has 0 aliphatic heterocycles. The van der Waals surface area contributed by atoms with Crippen molar-refractivity contribution in [1.29, 1.82) is 0 Å². The smallest absolute Gasteiger partial charge is 0.323 e. The van der Waals surface area contributed by atoms with Crippen LogP contribution in [0.25, 0.3) is 0 Å². The van der Waals surface area contributed by atoms with Crippen molar-refractivity contribution < 1.29 is 9.59 Å². The third-order valence-corrected chi connectivity index (χ3v) is 5.22. The summed E-state index contributed by atoms with van der Waals surface area (Å²) < 4.78 is 1.59. The number of urea groups is 1. The Hall–Kier alpha value is -3.39. The highest BCUT2D eigenvalue weighted by Crippen LogP contribution is 2.21. The highest BCUT2D eigenvalue weighted by atomic mass is 32.1. The van der Waals surface area contributed by atoms with Crippen LogP contribution in [0.15, 0.2) is 58.7 Å². The van der Waals surface area contributed by atoms with Gasteiger partial charge in [0.05, 0.1) is 0 Å². The summed E-state index contributed by atoms with van der Waals surface area (Å²) in [5, 5.41) is 10.1. The summed E-state index contributed by atoms with van der Waals surface area (Å²) in [7, 11) is 0. The lowest BCUT2D eigenvalue weighted by Crippen LogP contribution is -2.21. The van der Waals surface area contributed by atoms with Crippen LogP contribution in [-0.4, -0.2) is 16.5 Å². The van der Waals surface area contributed by atoms with E-state index in [1.54, 1.807) is 34.2 Å². The number of aromatic nitrogens is 1. The number of anilines is 3. The number of carbonyl (C=O) groups is 2. The lowest BCUT2D eigenvalue weighted by Gasteiger charge is -2.12. The summed E-state index contributed by atoms with van der Waals surface area (Å²) >= 11 is 1.13. The number of para-hydroxylation sites is 1. The maximum absolute atomic E-state index is 12.3. The predicted molar refractivity (Wildman–Crippen MR) is 117 cm³/mol. The Bertz CT molecular complexity index is 1070. The van der Waals surface area contributed by atoms with Gasteiger partial charge in [0.1, 0.15) is 0 Å². The number of benzene rings is 2. The Morgan fingerprint density at radius 3 is 2.38 bits per heavy atom. The van der Waals surface area contributed by atoms with Crippen molar-refractivity contribution in [3.63, 3.8) is 0 Å². The van der Waals surface area contributed by atoms with Crippen molar-refractivity contribution in [2.24, 2.45) is 0 Å². The van der Waals surface area contributed by atoms with Crippen molar-refractivity contribution in [1.82, 2.24) is 4.57 Å². The molecule has 2 aromatic carbocycles. The molecular weight excluding hydrogens is 388 g/mol. The Kier molecular flexibility index (Phi) is 6.46. The van der Waals surface area contributed by atoms with Gasteiger partial charge in [-0.3, -0.25) is 9.59 Å². The highest BCUT2D eigenvalue weighted by Gasteiger charge is 2.10. The molecule has 150 valence electrons. The molecule has 0 aliphatic rings. The topological polar surface area (TPSA) is 92.2 Å². The number of amides is 3. The minimum atomic E-state index is -0.371. The average molecular weight is 410 g/mol. The first-order valence-electron chi connectivity index (χ1n) is 9.11. The molecule has 3 N–H and O–H groups in total. The van der Waals surface area contributed by atoms with Crippen molar-refractivity contribution in [2.75, 3.05) is 16.0 Å². The van der Waals surface area contributed by atoms with E-state index < -0.39 is 0 Å². The molecule has 0 fully saturated rings. The van der Waals surface area contributed by atoms with Crippen molar-refractivity contribution in [3.8, 4) is 0 Å². The van der Waals surface area contributed by atoms with Gasteiger partial charge in [0.2, 0.25) is 5.91 Å². The molecule has 0 atom stereocenters. The van der Waals surface area contributed by atoms with Crippen LogP contribution in [0.5, 0.6) is 0 Å². The third kappa shape index (κ3) is 5.55. The number of hydrogen-bond acceptors (Lipinski definition) is 4. The zero-order valence-corrected chi connectivity index (χ0v) is 17.0. The van der Waals surface area contributed by atoms with E-state index in [0.717, 1.165) is 22.6 Å². The van der Waals surface area contributed by atoms with Crippen molar-refractivity contribution in [3.05, 3.63) is 74.8 Å². The predicted octanol–water partition coefficient (Wildman–Crippen LogP) is 4.20. The van der Waals surface area contributed by atoms with E-state index in [0.29, 0.717) is 23.6 Å². The Labute approximate surface area is 172 Å². The summed E-state index contributed by atoms with van der Waals surface area (Å²) in [6.45, 7) is 4.04. The first-order chi connectivity index (χ1) is 13.9. The number of aryl methyl sites for hydroxylation is 2. The molecule has 3 amide bonds. The lowest BCUT2D eigenvalue weighted by atomic mass is 10.1. The highest BCUT2D eigenvalue weighted by molar-refractivity contribution is 7.07. The van der Waals surface area contributed by atoms with Gasteiger partial charge in [0.15, 0.2) is 0 Å². The summed E-state index contributed by atoms with van der Waals surface area (Å²) in [5.74, 6) is -0.198. The second-order valence-corrected chi connectivity index (χ2v) is 7.39. The zero-order chi connectivity index (χ0) is 20.8. The van der Waals surface area contributed by atoms with Crippen LogP contribution >= 0.6 is 11.3 Å². The van der Waals surface area contributed by atoms with Gasteiger partial charge in [-0.1, -0.05) is 35.6 Å². The van der Waals surface area contributed by atoms with E-state index in [1.165, 1.54) is 0 Å². The maximum atomic E-state index is 12.3. The summed E-state index contributed by atoms with van der Waals surface area (Å²) in [6, 6.07) is 14.0. The largest absolute Gasteiger partial charge is 0.326 e. The van der Waals surface area contributed by atoms with Gasteiger partial charge in [0.25, 0.3) is 0 Å². The summed E-state index contributed by atoms with van der Waals surface area (Å²) in [4.78, 5) is 36.2. The number of thiazole rings is 1. The standard InChI is InChI=1S/C21H22N4O3S/c1-14-8-9-17(23-20(27)22-16-6-4-3-5-7-16)12-18(14)24-19(26)10-11-25-15(2)13-29-21(25)28/h3-9,12-13H,10-11H2,1-2H3,(H,24,26)(H2,22,23,27). The average Bonchev–Trinajstić information content (AvgIpc) is 3.01. The summed E-state index contributed by atoms with van der Waals surface area (Å²) in [6.07, 6.45) is 0.184. The number of nitrogens with zero attached hydrogens (tertiary/aromatic N) is 1. The molecule has 8 heteroatoms. The molecule has 0 spiro atoms. The minimum absolute atomic E-state index is 0.0675. The second-order valence-electron chi connectivity index (χ2n) is 6.57. The fourth-order valence-electron chi connectivity index (χ4n) is 2.75. The van der Waals surface area contributed by atoms with Gasteiger partial charge in [0, 0.05) is 41.1 Å². The van der Waals surface area contributed by atoms with E-state index >= 15 is 0 Å². The lowest BCUT2D eigenvalue weighted by molar-refractivity contribution is -0.116. The number of carbonyl (C=O) groups excluding carboxylic acids is 2. The van der Waals surface area contributed by atoms with Gasteiger partial charge in [-0.05, 0) is 43.7 Å². The van der Waals surface area contributed by atoms with Crippen LogP contribution in [0.1, 0.15) is 17.7 Å². The van der Waals surface area contributed by atoms with Crippen LogP contribution in [-0.2, 0) is 11.3 Å². The molecule has 1 heterocycles. The van der Waals surface area contributed by atoms with Crippen LogP contribution in [0, 0.1) is 13.8 Å². The molecule has 1 aromatic heterocycles. The van der Waals surface area contributed by atoms with Crippen LogP contribution in [0.3, 0.4) is 0 Å². The van der Waals surface area contributed by atoms with E-state index in [9.17, 15) is 14.4 Å². The first-order valence-corrected chi connectivity index (χ1v) is 9.99. The number of nitrogens with one attached hydrogen (secondary N) is 3. The SMILES string of the molecule is Cc1ccc(NC(=O)Nc2ccccc2)cc1NC(=O)CCn1c(C)csc1=O. The van der Waals surface area contributed by atoms with Crippen LogP contribution in [0.4, 0.5) is 21.9 Å². The molecule has 0 radical (unpaired) electrons. The Balaban J connectivity index is 1.60. The molecule has 7 nitrogen and oxygen atoms in total. The fraction of sp³-hybridized carbons (Fsp3) is 0.190. The van der Waals surface area contributed by atoms with Gasteiger partial charge < -0.3 is 20.5 Å². The zero-order valence-electron chi connectivity index (χ0n) is 16.2. The van der Waals surface area contributed by atoms with E-state index in [-0.39, 0.29) is 23.2 Å². The second kappa shape index (κ2) is 9.20. The number of hydrogen-bond donors (Lipinski definition) is 3. The molecule has 29 heavy (non-hydrogen) atoms. The van der Waals surface area contributed by atoms with Gasteiger partial charge in [-0.15, -0.1) is 0 Å². The molecule has 0 saturated heterocycles. The van der Waals surface area contributed by atoms with E-state index in [2.05, 4.69) is 16.0 Å². The van der Waals surface area contributed by atoms with E-state index in [4.69, 9.17) is 0 Å². The molecule has 0 bridgehead atoms. The van der Waals surface area contributed by atoms with Crippen LogP contribution < -0.4 is 20.8 Å². The Morgan fingerprint density at radius 2 is 1.69 bits per heavy atom. The monoisotopic (exact) mass is 410 g/mol. The molecule has 3 rings (SSSR count). The fourth-order valence-corrected chi connectivity index (χ4v) is 3.51. The molecule has 0 aliphatic carbocycles. The third-order valence-electron chi connectivity index (χ3n) is 4.34. The van der Waals surface area contributed by atoms with E-state index in [1.807, 2.05) is 38.1 Å². The minimum Gasteiger partial charge on any atom is -0.326 e.